The van der Waals surface area contributed by atoms with Gasteiger partial charge in [0.05, 0.1) is 36.2 Å². The van der Waals surface area contributed by atoms with Crippen LogP contribution in [0, 0.1) is 5.92 Å². The average molecular weight is 494 g/mol. The van der Waals surface area contributed by atoms with Gasteiger partial charge in [-0.05, 0) is 37.1 Å². The fraction of sp³-hybridized carbons (Fsp3) is 0.259. The molecular weight excluding hydrogens is 470 g/mol. The number of fused-ring (bicyclic) bond motifs is 2. The van der Waals surface area contributed by atoms with Gasteiger partial charge in [-0.25, -0.2) is 15.0 Å². The molecule has 184 valence electrons. The molecule has 3 aromatic heterocycles. The first-order valence-electron chi connectivity index (χ1n) is 12.4. The van der Waals surface area contributed by atoms with Crippen molar-refractivity contribution in [2.24, 2.45) is 10.9 Å². The highest BCUT2D eigenvalue weighted by molar-refractivity contribution is 6.05. The summed E-state index contributed by atoms with van der Waals surface area (Å²) in [5, 5.41) is 3.81. The van der Waals surface area contributed by atoms with Crippen LogP contribution in [-0.2, 0) is 9.53 Å². The number of ether oxygens (including phenoxy) is 1. The molecular formula is C27H23N7O3. The molecule has 2 N–H and O–H groups in total. The lowest BCUT2D eigenvalue weighted by atomic mass is 10.1. The van der Waals surface area contributed by atoms with E-state index in [4.69, 9.17) is 9.72 Å². The van der Waals surface area contributed by atoms with Gasteiger partial charge in [-0.1, -0.05) is 6.07 Å². The zero-order valence-corrected chi connectivity index (χ0v) is 19.9. The summed E-state index contributed by atoms with van der Waals surface area (Å²) in [7, 11) is 0. The van der Waals surface area contributed by atoms with Crippen LogP contribution in [0.15, 0.2) is 53.9 Å². The Morgan fingerprint density at radius 1 is 1.05 bits per heavy atom. The number of nitrogens with one attached hydrogen (secondary N) is 2. The number of imidazole rings is 1. The number of para-hydroxylation sites is 1. The lowest BCUT2D eigenvalue weighted by Crippen LogP contribution is -2.40. The topological polar surface area (TPSA) is 125 Å². The summed E-state index contributed by atoms with van der Waals surface area (Å²) in [6, 6.07) is 9.47. The van der Waals surface area contributed by atoms with Crippen LogP contribution in [0.2, 0.25) is 0 Å². The predicted molar refractivity (Wildman–Crippen MR) is 135 cm³/mol. The number of H-pyrrole nitrogens is 1. The Labute approximate surface area is 211 Å². The number of rotatable bonds is 5. The van der Waals surface area contributed by atoms with Gasteiger partial charge in [-0.3, -0.25) is 14.6 Å². The minimum atomic E-state index is -0.0481. The SMILES string of the molecule is O=C(Nc1cncc(-c2cnc3c(c2)=C(c2nc4c(C(=O)N5CCOCC5)cccc4[nH]2)N=3)c1)C1CC1. The third kappa shape index (κ3) is 3.95. The van der Waals surface area contributed by atoms with E-state index in [1.165, 1.54) is 0 Å². The van der Waals surface area contributed by atoms with Crippen LogP contribution in [-0.4, -0.2) is 63.0 Å². The maximum Gasteiger partial charge on any atom is 0.256 e. The van der Waals surface area contributed by atoms with Crippen molar-refractivity contribution in [2.45, 2.75) is 12.8 Å². The molecule has 10 heteroatoms. The Morgan fingerprint density at radius 3 is 2.73 bits per heavy atom. The number of carbonyl (C=O) groups is 2. The number of aromatic nitrogens is 4. The second-order valence-corrected chi connectivity index (χ2v) is 9.47. The minimum absolute atomic E-state index is 0.0417. The molecule has 1 saturated carbocycles. The van der Waals surface area contributed by atoms with Crippen LogP contribution in [0.1, 0.15) is 29.0 Å². The van der Waals surface area contributed by atoms with E-state index in [0.717, 1.165) is 34.7 Å². The summed E-state index contributed by atoms with van der Waals surface area (Å²) >= 11 is 0. The Hall–Kier alpha value is -4.44. The van der Waals surface area contributed by atoms with Crippen molar-refractivity contribution in [3.63, 3.8) is 0 Å². The molecule has 2 fully saturated rings. The maximum atomic E-state index is 13.2. The molecule has 0 unspecified atom stereocenters. The first kappa shape index (κ1) is 21.8. The molecule has 0 bridgehead atoms. The Morgan fingerprint density at radius 2 is 1.89 bits per heavy atom. The second kappa shape index (κ2) is 8.59. The molecule has 4 aromatic rings. The summed E-state index contributed by atoms with van der Waals surface area (Å²) in [4.78, 5) is 48.5. The lowest BCUT2D eigenvalue weighted by Gasteiger charge is -2.26. The number of pyridine rings is 2. The summed E-state index contributed by atoms with van der Waals surface area (Å²) in [5.41, 5.74) is 5.66. The first-order valence-corrected chi connectivity index (χ1v) is 12.4. The molecule has 37 heavy (non-hydrogen) atoms. The number of morpholine rings is 1. The van der Waals surface area contributed by atoms with Crippen LogP contribution in [0.3, 0.4) is 0 Å². The summed E-state index contributed by atoms with van der Waals surface area (Å²) in [5.74, 6) is 0.703. The van der Waals surface area contributed by atoms with E-state index in [-0.39, 0.29) is 17.7 Å². The van der Waals surface area contributed by atoms with Crippen LogP contribution in [0.25, 0.3) is 27.9 Å². The third-order valence-corrected chi connectivity index (χ3v) is 6.89. The molecule has 2 aliphatic heterocycles. The monoisotopic (exact) mass is 493 g/mol. The summed E-state index contributed by atoms with van der Waals surface area (Å²) < 4.78 is 5.38. The third-order valence-electron chi connectivity index (χ3n) is 6.89. The standard InChI is InChI=1S/C27H23N7O3/c35-26(15-4-5-15)30-18-10-16(12-28-14-18)17-11-20-23(33-24(20)29-13-17)25-31-21-3-1-2-19(22(21)32-25)27(36)34-6-8-37-9-7-34/h1-3,10-15H,4-9H2,(H,30,35)(H,31,32). The number of nitrogens with zero attached hydrogens (tertiary/aromatic N) is 5. The second-order valence-electron chi connectivity index (χ2n) is 9.47. The van der Waals surface area contributed by atoms with Crippen LogP contribution < -0.4 is 16.0 Å². The lowest BCUT2D eigenvalue weighted by molar-refractivity contribution is -0.117. The predicted octanol–water partition coefficient (Wildman–Crippen LogP) is 1.63. The molecule has 5 heterocycles. The van der Waals surface area contributed by atoms with Crippen molar-refractivity contribution in [2.75, 3.05) is 31.6 Å². The average Bonchev–Trinajstić information content (AvgIpc) is 3.69. The smallest absolute Gasteiger partial charge is 0.256 e. The van der Waals surface area contributed by atoms with E-state index in [1.54, 1.807) is 23.5 Å². The number of hydrogen-bond donors (Lipinski definition) is 2. The van der Waals surface area contributed by atoms with Gasteiger partial charge in [0.25, 0.3) is 5.91 Å². The zero-order valence-electron chi connectivity index (χ0n) is 19.9. The molecule has 10 nitrogen and oxygen atoms in total. The molecule has 1 aromatic carbocycles. The van der Waals surface area contributed by atoms with E-state index < -0.39 is 0 Å². The van der Waals surface area contributed by atoms with Crippen LogP contribution in [0.4, 0.5) is 5.69 Å². The van der Waals surface area contributed by atoms with Gasteiger partial charge < -0.3 is 19.9 Å². The minimum Gasteiger partial charge on any atom is -0.378 e. The van der Waals surface area contributed by atoms with Gasteiger partial charge in [0, 0.05) is 47.7 Å². The highest BCUT2D eigenvalue weighted by Gasteiger charge is 2.29. The Kier molecular flexibility index (Phi) is 5.07. The van der Waals surface area contributed by atoms with E-state index in [9.17, 15) is 9.59 Å². The number of aromatic amines is 1. The first-order chi connectivity index (χ1) is 18.1. The fourth-order valence-corrected chi connectivity index (χ4v) is 4.68. The van der Waals surface area contributed by atoms with Gasteiger partial charge in [-0.2, -0.15) is 0 Å². The number of hydrogen-bond acceptors (Lipinski definition) is 7. The molecule has 0 radical (unpaired) electrons. The van der Waals surface area contributed by atoms with Gasteiger partial charge >= 0.3 is 0 Å². The van der Waals surface area contributed by atoms with Gasteiger partial charge in [0.1, 0.15) is 11.2 Å². The van der Waals surface area contributed by atoms with Crippen LogP contribution in [0.5, 0.6) is 0 Å². The molecule has 0 spiro atoms. The van der Waals surface area contributed by atoms with Crippen molar-refractivity contribution in [1.29, 1.82) is 0 Å². The number of benzene rings is 1. The van der Waals surface area contributed by atoms with E-state index in [2.05, 4.69) is 25.3 Å². The molecule has 1 aliphatic carbocycles. The summed E-state index contributed by atoms with van der Waals surface area (Å²) in [6.07, 6.45) is 7.03. The highest BCUT2D eigenvalue weighted by Crippen LogP contribution is 2.30. The number of carbonyl (C=O) groups excluding carboxylic acids is 2. The van der Waals surface area contributed by atoms with Crippen molar-refractivity contribution < 1.29 is 14.3 Å². The molecule has 1 saturated heterocycles. The van der Waals surface area contributed by atoms with Crippen molar-refractivity contribution in [1.82, 2.24) is 24.8 Å². The van der Waals surface area contributed by atoms with Gasteiger partial charge in [-0.15, -0.1) is 0 Å². The van der Waals surface area contributed by atoms with E-state index in [1.807, 2.05) is 30.3 Å². The normalized spacial score (nSPS) is 16.6. The Balaban J connectivity index is 1.22. The van der Waals surface area contributed by atoms with Gasteiger partial charge in [0.15, 0.2) is 11.3 Å². The zero-order chi connectivity index (χ0) is 24.9. The van der Waals surface area contributed by atoms with Crippen molar-refractivity contribution in [3.8, 4) is 11.1 Å². The molecule has 2 amide bonds. The van der Waals surface area contributed by atoms with E-state index >= 15 is 0 Å². The van der Waals surface area contributed by atoms with Crippen molar-refractivity contribution in [3.05, 3.63) is 71.0 Å². The fourth-order valence-electron chi connectivity index (χ4n) is 4.68. The van der Waals surface area contributed by atoms with Crippen molar-refractivity contribution >= 4 is 34.2 Å². The van der Waals surface area contributed by atoms with Gasteiger partial charge in [0.2, 0.25) is 5.91 Å². The van der Waals surface area contributed by atoms with Crippen LogP contribution >= 0.6 is 0 Å². The molecule has 7 rings (SSSR count). The largest absolute Gasteiger partial charge is 0.378 e. The summed E-state index contributed by atoms with van der Waals surface area (Å²) in [6.45, 7) is 2.23. The highest BCUT2D eigenvalue weighted by atomic mass is 16.5. The number of anilines is 1. The molecule has 0 atom stereocenters. The quantitative estimate of drug-likeness (QED) is 0.435. The number of amides is 2. The van der Waals surface area contributed by atoms with E-state index in [0.29, 0.717) is 60.1 Å². The maximum absolute atomic E-state index is 13.2. The molecule has 3 aliphatic rings. The Bertz CT molecular complexity index is 1700.